The maximum atomic E-state index is 13.1. The number of thiazole rings is 1. The number of ether oxygens (including phenoxy) is 1. The average molecular weight is 252 g/mol. The quantitative estimate of drug-likeness (QED) is 0.910. The molecule has 0 radical (unpaired) electrons. The zero-order valence-electron chi connectivity index (χ0n) is 9.39. The molecule has 0 saturated heterocycles. The van der Waals surface area contributed by atoms with Crippen molar-refractivity contribution in [1.82, 2.24) is 4.98 Å². The first-order valence-electron chi connectivity index (χ1n) is 5.21. The highest BCUT2D eigenvalue weighted by atomic mass is 32.1. The normalized spacial score (nSPS) is 12.4. The standard InChI is InChI=1S/C12H13FN2OS/c1-8(14)11-3-2-9(13)4-12(11)16-5-10-6-17-7-15-10/h2-4,6-8H,5,14H2,1H3. The minimum Gasteiger partial charge on any atom is -0.487 e. The van der Waals surface area contributed by atoms with Gasteiger partial charge >= 0.3 is 0 Å². The summed E-state index contributed by atoms with van der Waals surface area (Å²) >= 11 is 1.50. The molecule has 1 heterocycles. The molecule has 3 nitrogen and oxygen atoms in total. The maximum absolute atomic E-state index is 13.1. The van der Waals surface area contributed by atoms with Crippen LogP contribution in [0.5, 0.6) is 5.75 Å². The van der Waals surface area contributed by atoms with Gasteiger partial charge in [-0.25, -0.2) is 9.37 Å². The minimum absolute atomic E-state index is 0.193. The van der Waals surface area contributed by atoms with Gasteiger partial charge in [0.2, 0.25) is 0 Å². The number of benzene rings is 1. The largest absolute Gasteiger partial charge is 0.487 e. The molecule has 0 bridgehead atoms. The predicted octanol–water partition coefficient (Wildman–Crippen LogP) is 2.88. The van der Waals surface area contributed by atoms with Gasteiger partial charge in [-0.3, -0.25) is 0 Å². The van der Waals surface area contributed by atoms with Crippen LogP contribution in [0, 0.1) is 5.82 Å². The summed E-state index contributed by atoms with van der Waals surface area (Å²) in [6, 6.07) is 4.19. The summed E-state index contributed by atoms with van der Waals surface area (Å²) in [5.41, 5.74) is 9.15. The second kappa shape index (κ2) is 5.25. The highest BCUT2D eigenvalue weighted by molar-refractivity contribution is 7.07. The number of hydrogen-bond donors (Lipinski definition) is 1. The number of aromatic nitrogens is 1. The third-order valence-corrected chi connectivity index (χ3v) is 2.96. The van der Waals surface area contributed by atoms with Gasteiger partial charge in [-0.2, -0.15) is 0 Å². The van der Waals surface area contributed by atoms with Crippen LogP contribution in [0.4, 0.5) is 4.39 Å². The molecule has 1 unspecified atom stereocenters. The molecule has 0 aliphatic carbocycles. The topological polar surface area (TPSA) is 48.1 Å². The lowest BCUT2D eigenvalue weighted by Gasteiger charge is -2.13. The number of nitrogens with two attached hydrogens (primary N) is 1. The third-order valence-electron chi connectivity index (χ3n) is 2.33. The summed E-state index contributed by atoms with van der Waals surface area (Å²) in [6.45, 7) is 2.16. The van der Waals surface area contributed by atoms with E-state index in [0.717, 1.165) is 11.3 Å². The lowest BCUT2D eigenvalue weighted by molar-refractivity contribution is 0.296. The Labute approximate surface area is 103 Å². The Morgan fingerprint density at radius 2 is 2.35 bits per heavy atom. The third kappa shape index (κ3) is 3.01. The Morgan fingerprint density at radius 3 is 3.00 bits per heavy atom. The van der Waals surface area contributed by atoms with Crippen molar-refractivity contribution in [3.8, 4) is 5.75 Å². The van der Waals surface area contributed by atoms with Crippen LogP contribution >= 0.6 is 11.3 Å². The fraction of sp³-hybridized carbons (Fsp3) is 0.250. The molecule has 1 aromatic carbocycles. The van der Waals surface area contributed by atoms with E-state index in [1.54, 1.807) is 11.6 Å². The second-order valence-corrected chi connectivity index (χ2v) is 4.46. The summed E-state index contributed by atoms with van der Waals surface area (Å²) in [5, 5.41) is 1.89. The first-order chi connectivity index (χ1) is 8.16. The van der Waals surface area contributed by atoms with E-state index < -0.39 is 0 Å². The Bertz CT molecular complexity index is 485. The Kier molecular flexibility index (Phi) is 3.71. The van der Waals surface area contributed by atoms with E-state index in [0.29, 0.717) is 12.4 Å². The zero-order chi connectivity index (χ0) is 12.3. The van der Waals surface area contributed by atoms with Crippen molar-refractivity contribution in [2.24, 2.45) is 5.73 Å². The molecule has 0 fully saturated rings. The van der Waals surface area contributed by atoms with Gasteiger partial charge in [-0.05, 0) is 13.0 Å². The van der Waals surface area contributed by atoms with E-state index in [1.807, 2.05) is 12.3 Å². The molecule has 0 spiro atoms. The molecular weight excluding hydrogens is 239 g/mol. The number of rotatable bonds is 4. The van der Waals surface area contributed by atoms with Crippen molar-refractivity contribution in [2.45, 2.75) is 19.6 Å². The molecule has 1 aromatic heterocycles. The fourth-order valence-electron chi connectivity index (χ4n) is 1.47. The van der Waals surface area contributed by atoms with Gasteiger partial charge in [0.1, 0.15) is 18.2 Å². The van der Waals surface area contributed by atoms with Crippen molar-refractivity contribution in [3.63, 3.8) is 0 Å². The van der Waals surface area contributed by atoms with Gasteiger partial charge in [-0.15, -0.1) is 11.3 Å². The summed E-state index contributed by atoms with van der Waals surface area (Å²) in [6.07, 6.45) is 0. The molecule has 0 aliphatic rings. The summed E-state index contributed by atoms with van der Waals surface area (Å²) < 4.78 is 18.7. The van der Waals surface area contributed by atoms with Gasteiger partial charge in [0.25, 0.3) is 0 Å². The fourth-order valence-corrected chi connectivity index (χ4v) is 2.01. The number of nitrogens with zero attached hydrogens (tertiary/aromatic N) is 1. The van der Waals surface area contributed by atoms with Crippen molar-refractivity contribution < 1.29 is 9.13 Å². The van der Waals surface area contributed by atoms with Gasteiger partial charge in [0.15, 0.2) is 0 Å². The summed E-state index contributed by atoms with van der Waals surface area (Å²) in [7, 11) is 0. The van der Waals surface area contributed by atoms with E-state index in [9.17, 15) is 4.39 Å². The lowest BCUT2D eigenvalue weighted by atomic mass is 10.1. The monoisotopic (exact) mass is 252 g/mol. The van der Waals surface area contributed by atoms with E-state index in [4.69, 9.17) is 10.5 Å². The summed E-state index contributed by atoms with van der Waals surface area (Å²) in [5.74, 6) is 0.149. The van der Waals surface area contributed by atoms with Crippen LogP contribution in [0.15, 0.2) is 29.1 Å². The van der Waals surface area contributed by atoms with Crippen molar-refractivity contribution in [3.05, 3.63) is 46.2 Å². The van der Waals surface area contributed by atoms with E-state index in [2.05, 4.69) is 4.98 Å². The second-order valence-electron chi connectivity index (χ2n) is 3.74. The average Bonchev–Trinajstić information content (AvgIpc) is 2.78. The first-order valence-corrected chi connectivity index (χ1v) is 6.16. The smallest absolute Gasteiger partial charge is 0.131 e. The van der Waals surface area contributed by atoms with Crippen LogP contribution in [0.1, 0.15) is 24.2 Å². The molecule has 0 amide bonds. The molecule has 1 atom stereocenters. The molecule has 17 heavy (non-hydrogen) atoms. The highest BCUT2D eigenvalue weighted by Crippen LogP contribution is 2.25. The molecule has 2 aromatic rings. The van der Waals surface area contributed by atoms with Gasteiger partial charge < -0.3 is 10.5 Å². The van der Waals surface area contributed by atoms with Gasteiger partial charge in [0.05, 0.1) is 11.2 Å². The zero-order valence-corrected chi connectivity index (χ0v) is 10.2. The van der Waals surface area contributed by atoms with Crippen LogP contribution in [0.2, 0.25) is 0 Å². The minimum atomic E-state index is -0.331. The van der Waals surface area contributed by atoms with E-state index in [1.165, 1.54) is 23.5 Å². The van der Waals surface area contributed by atoms with Crippen LogP contribution in [0.25, 0.3) is 0 Å². The molecule has 90 valence electrons. The van der Waals surface area contributed by atoms with Crippen LogP contribution in [-0.4, -0.2) is 4.98 Å². The molecule has 2 rings (SSSR count). The van der Waals surface area contributed by atoms with E-state index >= 15 is 0 Å². The van der Waals surface area contributed by atoms with Crippen LogP contribution in [0.3, 0.4) is 0 Å². The van der Waals surface area contributed by atoms with Gasteiger partial charge in [-0.1, -0.05) is 6.07 Å². The van der Waals surface area contributed by atoms with E-state index in [-0.39, 0.29) is 11.9 Å². The SMILES string of the molecule is CC(N)c1ccc(F)cc1OCc1cscn1. The summed E-state index contributed by atoms with van der Waals surface area (Å²) in [4.78, 5) is 4.10. The van der Waals surface area contributed by atoms with Crippen molar-refractivity contribution >= 4 is 11.3 Å². The molecular formula is C12H13FN2OS. The highest BCUT2D eigenvalue weighted by Gasteiger charge is 2.10. The first kappa shape index (κ1) is 12.0. The molecule has 0 saturated carbocycles. The van der Waals surface area contributed by atoms with Crippen LogP contribution < -0.4 is 10.5 Å². The van der Waals surface area contributed by atoms with Gasteiger partial charge in [0, 0.05) is 23.1 Å². The molecule has 5 heteroatoms. The number of hydrogen-bond acceptors (Lipinski definition) is 4. The number of halogens is 1. The predicted molar refractivity (Wildman–Crippen MR) is 65.4 cm³/mol. The Morgan fingerprint density at radius 1 is 1.53 bits per heavy atom. The Hall–Kier alpha value is -1.46. The van der Waals surface area contributed by atoms with Crippen molar-refractivity contribution in [2.75, 3.05) is 0 Å². The lowest BCUT2D eigenvalue weighted by Crippen LogP contribution is -2.08. The van der Waals surface area contributed by atoms with Crippen molar-refractivity contribution in [1.29, 1.82) is 0 Å². The maximum Gasteiger partial charge on any atom is 0.131 e. The molecule has 0 aliphatic heterocycles. The van der Waals surface area contributed by atoms with Crippen LogP contribution in [-0.2, 0) is 6.61 Å². The Balaban J connectivity index is 2.16. The molecule has 2 N–H and O–H groups in total.